The molecule has 0 saturated heterocycles. The van der Waals surface area contributed by atoms with Gasteiger partial charge >= 0.3 is 5.76 Å². The Labute approximate surface area is 124 Å². The summed E-state index contributed by atoms with van der Waals surface area (Å²) in [6.45, 7) is 2.91. The number of benzene rings is 1. The lowest BCUT2D eigenvalue weighted by Gasteiger charge is -2.19. The van der Waals surface area contributed by atoms with Gasteiger partial charge in [-0.2, -0.15) is 8.78 Å². The fourth-order valence-electron chi connectivity index (χ4n) is 2.52. The lowest BCUT2D eigenvalue weighted by atomic mass is 10.0. The first kappa shape index (κ1) is 16.4. The van der Waals surface area contributed by atoms with Crippen LogP contribution in [-0.2, 0) is 16.3 Å². The summed E-state index contributed by atoms with van der Waals surface area (Å²) in [6, 6.07) is 6.27. The molecule has 6 heteroatoms. The van der Waals surface area contributed by atoms with Crippen molar-refractivity contribution in [1.82, 2.24) is 5.32 Å². The molecule has 3 nitrogen and oxygen atoms in total. The van der Waals surface area contributed by atoms with Crippen molar-refractivity contribution in [2.45, 2.75) is 49.3 Å². The van der Waals surface area contributed by atoms with Crippen molar-refractivity contribution in [2.75, 3.05) is 6.54 Å². The molecular weight excluding hydrogens is 296 g/mol. The fraction of sp³-hybridized carbons (Fsp3) is 0.600. The van der Waals surface area contributed by atoms with Gasteiger partial charge in [0, 0.05) is 6.04 Å². The molecule has 1 aliphatic rings. The number of rotatable bonds is 8. The molecule has 0 aliphatic heterocycles. The number of alkyl halides is 2. The predicted octanol–water partition coefficient (Wildman–Crippen LogP) is 3.00. The van der Waals surface area contributed by atoms with Gasteiger partial charge in [-0.15, -0.1) is 0 Å². The van der Waals surface area contributed by atoms with Crippen molar-refractivity contribution in [2.24, 2.45) is 5.92 Å². The van der Waals surface area contributed by atoms with Gasteiger partial charge in [-0.05, 0) is 49.8 Å². The molecule has 0 amide bonds. The van der Waals surface area contributed by atoms with Crippen molar-refractivity contribution in [3.8, 4) is 0 Å². The second-order valence-electron chi connectivity index (χ2n) is 5.52. The molecule has 1 atom stereocenters. The first-order chi connectivity index (χ1) is 9.96. The van der Waals surface area contributed by atoms with Crippen LogP contribution in [0.25, 0.3) is 0 Å². The maximum atomic E-state index is 12.8. The Balaban J connectivity index is 2.23. The van der Waals surface area contributed by atoms with Crippen molar-refractivity contribution in [1.29, 1.82) is 0 Å². The van der Waals surface area contributed by atoms with E-state index in [4.69, 9.17) is 0 Å². The largest absolute Gasteiger partial charge is 0.341 e. The minimum absolute atomic E-state index is 0.166. The molecule has 0 aromatic heterocycles. The SMILES string of the molecule is CCCNC(Cc1ccccc1S(=O)(=O)C(F)F)C1CC1. The number of hydrogen-bond donors (Lipinski definition) is 1. The average Bonchev–Trinajstić information content (AvgIpc) is 3.28. The van der Waals surface area contributed by atoms with Crippen molar-refractivity contribution in [3.63, 3.8) is 0 Å². The predicted molar refractivity (Wildman–Crippen MR) is 78.1 cm³/mol. The molecule has 0 spiro atoms. The van der Waals surface area contributed by atoms with Crippen molar-refractivity contribution < 1.29 is 17.2 Å². The first-order valence-electron chi connectivity index (χ1n) is 7.30. The van der Waals surface area contributed by atoms with Crippen LogP contribution in [0, 0.1) is 5.92 Å². The number of nitrogens with one attached hydrogen (secondary N) is 1. The number of sulfone groups is 1. The van der Waals surface area contributed by atoms with Crippen LogP contribution in [0.1, 0.15) is 31.7 Å². The van der Waals surface area contributed by atoms with E-state index in [0.29, 0.717) is 17.9 Å². The van der Waals surface area contributed by atoms with Crippen LogP contribution in [-0.4, -0.2) is 26.8 Å². The Bertz CT molecular complexity index is 571. The van der Waals surface area contributed by atoms with Gasteiger partial charge in [0.1, 0.15) is 0 Å². The van der Waals surface area contributed by atoms with Crippen LogP contribution in [0.4, 0.5) is 8.78 Å². The summed E-state index contributed by atoms with van der Waals surface area (Å²) in [4.78, 5) is -0.232. The van der Waals surface area contributed by atoms with Gasteiger partial charge in [-0.3, -0.25) is 0 Å². The van der Waals surface area contributed by atoms with Crippen LogP contribution in [0.2, 0.25) is 0 Å². The van der Waals surface area contributed by atoms with E-state index in [1.165, 1.54) is 12.1 Å². The number of halogens is 2. The highest BCUT2D eigenvalue weighted by atomic mass is 32.2. The monoisotopic (exact) mass is 317 g/mol. The summed E-state index contributed by atoms with van der Waals surface area (Å²) in [5.41, 5.74) is 0.485. The van der Waals surface area contributed by atoms with Gasteiger partial charge < -0.3 is 5.32 Å². The van der Waals surface area contributed by atoms with E-state index >= 15 is 0 Å². The third-order valence-electron chi connectivity index (χ3n) is 3.80. The standard InChI is InChI=1S/C15H21F2NO2S/c1-2-9-18-13(11-7-8-11)10-12-5-3-4-6-14(12)21(19,20)15(16)17/h3-6,11,13,15,18H,2,7-10H2,1H3. The van der Waals surface area contributed by atoms with E-state index in [1.807, 2.05) is 0 Å². The Morgan fingerprint density at radius 1 is 1.29 bits per heavy atom. The minimum atomic E-state index is -4.54. The fourth-order valence-corrected chi connectivity index (χ4v) is 3.49. The molecule has 0 heterocycles. The molecule has 2 rings (SSSR count). The lowest BCUT2D eigenvalue weighted by molar-refractivity contribution is 0.234. The molecule has 0 radical (unpaired) electrons. The van der Waals surface area contributed by atoms with Crippen LogP contribution in [0.15, 0.2) is 29.2 Å². The zero-order valence-corrected chi connectivity index (χ0v) is 12.9. The average molecular weight is 317 g/mol. The van der Waals surface area contributed by atoms with E-state index in [9.17, 15) is 17.2 Å². The highest BCUT2D eigenvalue weighted by Gasteiger charge is 2.33. The summed E-state index contributed by atoms with van der Waals surface area (Å²) >= 11 is 0. The maximum absolute atomic E-state index is 12.8. The molecule has 1 saturated carbocycles. The van der Waals surface area contributed by atoms with Crippen molar-refractivity contribution >= 4 is 9.84 Å². The van der Waals surface area contributed by atoms with Gasteiger partial charge in [0.25, 0.3) is 0 Å². The Morgan fingerprint density at radius 2 is 1.95 bits per heavy atom. The summed E-state index contributed by atoms with van der Waals surface area (Å²) in [7, 11) is -4.54. The van der Waals surface area contributed by atoms with E-state index < -0.39 is 15.6 Å². The Kier molecular flexibility index (Phi) is 5.32. The van der Waals surface area contributed by atoms with Gasteiger partial charge in [-0.25, -0.2) is 8.42 Å². The highest BCUT2D eigenvalue weighted by molar-refractivity contribution is 7.91. The highest BCUT2D eigenvalue weighted by Crippen LogP contribution is 2.35. The second-order valence-corrected chi connectivity index (χ2v) is 7.40. The molecule has 118 valence electrons. The van der Waals surface area contributed by atoms with Crippen LogP contribution < -0.4 is 5.32 Å². The van der Waals surface area contributed by atoms with Gasteiger partial charge in [0.15, 0.2) is 0 Å². The zero-order valence-electron chi connectivity index (χ0n) is 12.1. The van der Waals surface area contributed by atoms with Gasteiger partial charge in [-0.1, -0.05) is 25.1 Å². The molecule has 1 aromatic rings. The molecule has 1 unspecified atom stereocenters. The smallest absolute Gasteiger partial charge is 0.313 e. The van der Waals surface area contributed by atoms with E-state index in [1.54, 1.807) is 12.1 Å². The molecule has 1 fully saturated rings. The molecule has 1 aromatic carbocycles. The van der Waals surface area contributed by atoms with Crippen LogP contribution in [0.3, 0.4) is 0 Å². The summed E-state index contributed by atoms with van der Waals surface area (Å²) in [5.74, 6) is -2.85. The van der Waals surface area contributed by atoms with E-state index in [-0.39, 0.29) is 10.9 Å². The molecule has 0 bridgehead atoms. The molecule has 1 N–H and O–H groups in total. The summed E-state index contributed by atoms with van der Waals surface area (Å²) in [6.07, 6.45) is 3.70. The molecule has 21 heavy (non-hydrogen) atoms. The quantitative estimate of drug-likeness (QED) is 0.802. The first-order valence-corrected chi connectivity index (χ1v) is 8.84. The topological polar surface area (TPSA) is 46.2 Å². The maximum Gasteiger partial charge on any atom is 0.341 e. The normalized spacial score (nSPS) is 17.1. The third kappa shape index (κ3) is 4.01. The lowest BCUT2D eigenvalue weighted by Crippen LogP contribution is -2.34. The van der Waals surface area contributed by atoms with Gasteiger partial charge in [0.05, 0.1) is 4.90 Å². The van der Waals surface area contributed by atoms with Crippen LogP contribution >= 0.6 is 0 Å². The van der Waals surface area contributed by atoms with Gasteiger partial charge in [0.2, 0.25) is 9.84 Å². The Hall–Kier alpha value is -1.01. The van der Waals surface area contributed by atoms with E-state index in [0.717, 1.165) is 25.8 Å². The third-order valence-corrected chi connectivity index (χ3v) is 5.28. The Morgan fingerprint density at radius 3 is 2.52 bits per heavy atom. The zero-order chi connectivity index (χ0) is 15.5. The van der Waals surface area contributed by atoms with Crippen LogP contribution in [0.5, 0.6) is 0 Å². The molecule has 1 aliphatic carbocycles. The van der Waals surface area contributed by atoms with Crippen molar-refractivity contribution in [3.05, 3.63) is 29.8 Å². The second kappa shape index (κ2) is 6.83. The van der Waals surface area contributed by atoms with E-state index in [2.05, 4.69) is 12.2 Å². The minimum Gasteiger partial charge on any atom is -0.313 e. The summed E-state index contributed by atoms with van der Waals surface area (Å²) < 4.78 is 49.1. The molecular formula is C15H21F2NO2S. The summed E-state index contributed by atoms with van der Waals surface area (Å²) in [5, 5.41) is 3.41. The number of hydrogen-bond acceptors (Lipinski definition) is 3.